The Morgan fingerprint density at radius 1 is 0.871 bits per heavy atom. The third-order valence-electron chi connectivity index (χ3n) is 5.00. The number of nitriles is 2. The molecule has 0 aliphatic rings. The van der Waals surface area contributed by atoms with Gasteiger partial charge in [-0.1, -0.05) is 42.8 Å². The lowest BCUT2D eigenvalue weighted by Crippen LogP contribution is -2.34. The number of benzene rings is 3. The van der Waals surface area contributed by atoms with Gasteiger partial charge in [-0.25, -0.2) is 8.42 Å². The van der Waals surface area contributed by atoms with Crippen LogP contribution in [0.15, 0.2) is 77.7 Å². The molecule has 31 heavy (non-hydrogen) atoms. The molecule has 156 valence electrons. The quantitative estimate of drug-likeness (QED) is 0.481. The molecule has 0 N–H and O–H groups in total. The number of halogens is 1. The summed E-state index contributed by atoms with van der Waals surface area (Å²) >= 11 is 5.95. The first kappa shape index (κ1) is 22.5. The summed E-state index contributed by atoms with van der Waals surface area (Å²) in [7, 11) is -3.86. The molecule has 7 heteroatoms. The average molecular weight is 450 g/mol. The van der Waals surface area contributed by atoms with Crippen LogP contribution in [-0.4, -0.2) is 12.7 Å². The first-order valence-corrected chi connectivity index (χ1v) is 11.5. The molecule has 0 heterocycles. The second-order valence-electron chi connectivity index (χ2n) is 6.97. The molecule has 0 unspecified atom stereocenters. The molecule has 0 radical (unpaired) electrons. The summed E-state index contributed by atoms with van der Waals surface area (Å²) in [4.78, 5) is 0.151. The topological polar surface area (TPSA) is 85.0 Å². The monoisotopic (exact) mass is 449 g/mol. The van der Waals surface area contributed by atoms with Crippen LogP contribution in [0.4, 0.5) is 0 Å². The SMILES string of the molecule is CC[C@@H](c1ccc(C#N)cc1)N(Cc1ccc(C#N)cc1)S(=O)(=O)c1ccc(Cl)cc1. The number of sulfonamides is 1. The van der Waals surface area contributed by atoms with Crippen LogP contribution >= 0.6 is 11.6 Å². The normalized spacial score (nSPS) is 12.2. The lowest BCUT2D eigenvalue weighted by Gasteiger charge is -2.31. The molecular weight excluding hydrogens is 430 g/mol. The summed E-state index contributed by atoms with van der Waals surface area (Å²) in [6.07, 6.45) is 0.537. The minimum atomic E-state index is -3.86. The second kappa shape index (κ2) is 9.76. The Labute approximate surface area is 187 Å². The van der Waals surface area contributed by atoms with Crippen molar-refractivity contribution in [2.24, 2.45) is 0 Å². The van der Waals surface area contributed by atoms with Crippen LogP contribution in [0, 0.1) is 22.7 Å². The Morgan fingerprint density at radius 2 is 1.39 bits per heavy atom. The summed E-state index contributed by atoms with van der Waals surface area (Å²) in [5.41, 5.74) is 2.59. The Hall–Kier alpha value is -3.16. The van der Waals surface area contributed by atoms with Gasteiger partial charge in [0, 0.05) is 11.6 Å². The fourth-order valence-electron chi connectivity index (χ4n) is 3.35. The molecule has 0 aliphatic heterocycles. The van der Waals surface area contributed by atoms with Gasteiger partial charge < -0.3 is 0 Å². The summed E-state index contributed by atoms with van der Waals surface area (Å²) in [5.74, 6) is 0. The van der Waals surface area contributed by atoms with Crippen molar-refractivity contribution in [3.8, 4) is 12.1 Å². The van der Waals surface area contributed by atoms with Gasteiger partial charge in [0.05, 0.1) is 34.2 Å². The van der Waals surface area contributed by atoms with Crippen molar-refractivity contribution in [1.29, 1.82) is 10.5 Å². The van der Waals surface area contributed by atoms with Crippen LogP contribution in [-0.2, 0) is 16.6 Å². The molecule has 0 spiro atoms. The molecule has 0 fully saturated rings. The minimum Gasteiger partial charge on any atom is -0.207 e. The van der Waals surface area contributed by atoms with Crippen LogP contribution < -0.4 is 0 Å². The van der Waals surface area contributed by atoms with Gasteiger partial charge in [-0.15, -0.1) is 0 Å². The fourth-order valence-corrected chi connectivity index (χ4v) is 5.16. The maximum absolute atomic E-state index is 13.6. The molecule has 0 saturated carbocycles. The molecule has 1 atom stereocenters. The van der Waals surface area contributed by atoms with E-state index in [2.05, 4.69) is 12.1 Å². The van der Waals surface area contributed by atoms with E-state index in [1.54, 1.807) is 60.7 Å². The van der Waals surface area contributed by atoms with E-state index >= 15 is 0 Å². The van der Waals surface area contributed by atoms with E-state index in [4.69, 9.17) is 22.1 Å². The summed E-state index contributed by atoms with van der Waals surface area (Å²) in [6.45, 7) is 2.06. The van der Waals surface area contributed by atoms with Crippen molar-refractivity contribution in [3.05, 3.63) is 100 Å². The molecule has 0 bridgehead atoms. The van der Waals surface area contributed by atoms with Crippen LogP contribution in [0.1, 0.15) is 41.6 Å². The van der Waals surface area contributed by atoms with E-state index in [1.165, 1.54) is 16.4 Å². The summed E-state index contributed by atoms with van der Waals surface area (Å²) < 4.78 is 28.7. The predicted molar refractivity (Wildman–Crippen MR) is 120 cm³/mol. The van der Waals surface area contributed by atoms with Gasteiger partial charge in [0.15, 0.2) is 0 Å². The van der Waals surface area contributed by atoms with Crippen molar-refractivity contribution in [1.82, 2.24) is 4.31 Å². The Bertz CT molecular complexity index is 1220. The van der Waals surface area contributed by atoms with Gasteiger partial charge in [-0.2, -0.15) is 14.8 Å². The fraction of sp³-hybridized carbons (Fsp3) is 0.167. The van der Waals surface area contributed by atoms with Crippen molar-refractivity contribution in [2.45, 2.75) is 30.8 Å². The highest BCUT2D eigenvalue weighted by Gasteiger charge is 2.32. The maximum atomic E-state index is 13.6. The zero-order chi connectivity index (χ0) is 22.4. The Kier molecular flexibility index (Phi) is 7.09. The number of hydrogen-bond donors (Lipinski definition) is 0. The molecule has 3 aromatic rings. The van der Waals surface area contributed by atoms with Gasteiger partial charge in [-0.3, -0.25) is 0 Å². The van der Waals surface area contributed by atoms with Crippen molar-refractivity contribution in [3.63, 3.8) is 0 Å². The summed E-state index contributed by atoms with van der Waals surface area (Å²) in [6, 6.07) is 23.6. The number of rotatable bonds is 7. The standard InChI is InChI=1S/C24H20ClN3O2S/c1-2-24(21-9-7-19(16-27)8-10-21)28(17-20-5-3-18(15-26)4-6-20)31(29,30)23-13-11-22(25)12-14-23/h3-14,24H,2,17H2,1H3/t24-/m0/s1. The predicted octanol–water partition coefficient (Wildman–Crippen LogP) is 5.43. The lowest BCUT2D eigenvalue weighted by atomic mass is 10.0. The molecule has 5 nitrogen and oxygen atoms in total. The van der Waals surface area contributed by atoms with Crippen LogP contribution in [0.2, 0.25) is 5.02 Å². The van der Waals surface area contributed by atoms with E-state index in [1.807, 2.05) is 6.92 Å². The first-order valence-electron chi connectivity index (χ1n) is 9.65. The van der Waals surface area contributed by atoms with E-state index < -0.39 is 16.1 Å². The second-order valence-corrected chi connectivity index (χ2v) is 9.30. The first-order chi connectivity index (χ1) is 14.9. The Morgan fingerprint density at radius 3 is 1.87 bits per heavy atom. The van der Waals surface area contributed by atoms with E-state index in [0.29, 0.717) is 22.6 Å². The zero-order valence-electron chi connectivity index (χ0n) is 16.9. The highest BCUT2D eigenvalue weighted by molar-refractivity contribution is 7.89. The van der Waals surface area contributed by atoms with Crippen molar-refractivity contribution < 1.29 is 8.42 Å². The molecule has 0 aliphatic carbocycles. The number of nitrogens with zero attached hydrogens (tertiary/aromatic N) is 3. The van der Waals surface area contributed by atoms with E-state index in [0.717, 1.165) is 11.1 Å². The van der Waals surface area contributed by atoms with Gasteiger partial charge in [0.2, 0.25) is 10.0 Å². The largest absolute Gasteiger partial charge is 0.243 e. The van der Waals surface area contributed by atoms with Crippen LogP contribution in [0.3, 0.4) is 0 Å². The minimum absolute atomic E-state index is 0.134. The van der Waals surface area contributed by atoms with Crippen molar-refractivity contribution in [2.75, 3.05) is 0 Å². The third kappa shape index (κ3) is 5.13. The van der Waals surface area contributed by atoms with Gasteiger partial charge >= 0.3 is 0 Å². The molecule has 0 amide bonds. The van der Waals surface area contributed by atoms with E-state index in [-0.39, 0.29) is 11.4 Å². The average Bonchev–Trinajstić information content (AvgIpc) is 2.80. The number of hydrogen-bond acceptors (Lipinski definition) is 4. The summed E-state index contributed by atoms with van der Waals surface area (Å²) in [5, 5.41) is 18.6. The molecule has 0 saturated heterocycles. The van der Waals surface area contributed by atoms with Gasteiger partial charge in [-0.05, 0) is 66.1 Å². The van der Waals surface area contributed by atoms with Crippen LogP contribution in [0.25, 0.3) is 0 Å². The highest BCUT2D eigenvalue weighted by Crippen LogP contribution is 2.32. The van der Waals surface area contributed by atoms with Crippen molar-refractivity contribution >= 4 is 21.6 Å². The van der Waals surface area contributed by atoms with E-state index in [9.17, 15) is 8.42 Å². The molecule has 0 aromatic heterocycles. The van der Waals surface area contributed by atoms with Gasteiger partial charge in [0.1, 0.15) is 0 Å². The van der Waals surface area contributed by atoms with Crippen LogP contribution in [0.5, 0.6) is 0 Å². The maximum Gasteiger partial charge on any atom is 0.243 e. The zero-order valence-corrected chi connectivity index (χ0v) is 18.4. The Balaban J connectivity index is 2.08. The van der Waals surface area contributed by atoms with Gasteiger partial charge in [0.25, 0.3) is 0 Å². The third-order valence-corrected chi connectivity index (χ3v) is 7.12. The smallest absolute Gasteiger partial charge is 0.207 e. The molecule has 3 aromatic carbocycles. The lowest BCUT2D eigenvalue weighted by molar-refractivity contribution is 0.310. The molecular formula is C24H20ClN3O2S. The highest BCUT2D eigenvalue weighted by atomic mass is 35.5. The molecule has 3 rings (SSSR count).